The molecule has 0 bridgehead atoms. The van der Waals surface area contributed by atoms with Crippen LogP contribution in [-0.2, 0) is 4.79 Å². The largest absolute Gasteiger partial charge is 0.310 e. The van der Waals surface area contributed by atoms with E-state index in [2.05, 4.69) is 10.3 Å². The highest BCUT2D eigenvalue weighted by Crippen LogP contribution is 2.25. The maximum atomic E-state index is 12.2. The second-order valence-electron chi connectivity index (χ2n) is 4.03. The van der Waals surface area contributed by atoms with Crippen molar-refractivity contribution in [2.45, 2.75) is 23.5 Å². The molecule has 2 aromatic rings. The van der Waals surface area contributed by atoms with Gasteiger partial charge in [0.25, 0.3) is 0 Å². The third-order valence-corrected chi connectivity index (χ3v) is 3.98. The number of hydrogen-bond acceptors (Lipinski definition) is 3. The van der Waals surface area contributed by atoms with Crippen molar-refractivity contribution >= 4 is 23.5 Å². The average molecular weight is 272 g/mol. The summed E-state index contributed by atoms with van der Waals surface area (Å²) >= 11 is 1.58. The van der Waals surface area contributed by atoms with Gasteiger partial charge in [-0.2, -0.15) is 0 Å². The second kappa shape index (κ2) is 6.95. The van der Waals surface area contributed by atoms with Gasteiger partial charge in [-0.15, -0.1) is 11.8 Å². The van der Waals surface area contributed by atoms with Crippen LogP contribution in [0.2, 0.25) is 0 Å². The van der Waals surface area contributed by atoms with Crippen molar-refractivity contribution in [1.29, 1.82) is 0 Å². The molecular formula is C15H16N2OS. The number of benzene rings is 1. The topological polar surface area (TPSA) is 42.0 Å². The molecule has 1 aromatic heterocycles. The summed E-state index contributed by atoms with van der Waals surface area (Å²) < 4.78 is 0. The summed E-state index contributed by atoms with van der Waals surface area (Å²) in [5, 5.41) is 2.74. The van der Waals surface area contributed by atoms with E-state index in [9.17, 15) is 4.79 Å². The lowest BCUT2D eigenvalue weighted by molar-refractivity contribution is -0.115. The number of thioether (sulfide) groups is 1. The number of anilines is 1. The van der Waals surface area contributed by atoms with E-state index in [1.807, 2.05) is 49.4 Å². The van der Waals surface area contributed by atoms with Crippen molar-refractivity contribution in [1.82, 2.24) is 4.98 Å². The zero-order valence-electron chi connectivity index (χ0n) is 10.7. The van der Waals surface area contributed by atoms with Crippen molar-refractivity contribution in [2.75, 3.05) is 5.32 Å². The smallest absolute Gasteiger partial charge is 0.239 e. The van der Waals surface area contributed by atoms with E-state index in [-0.39, 0.29) is 11.2 Å². The molecule has 1 unspecified atom stereocenters. The predicted octanol–water partition coefficient (Wildman–Crippen LogP) is 3.59. The van der Waals surface area contributed by atoms with Gasteiger partial charge >= 0.3 is 0 Å². The van der Waals surface area contributed by atoms with E-state index in [1.165, 1.54) is 0 Å². The SMILES string of the molecule is CCC(Sc1ccccc1)C(=O)Nc1ccccn1. The molecule has 1 amide bonds. The molecule has 0 saturated carbocycles. The maximum Gasteiger partial charge on any atom is 0.239 e. The monoisotopic (exact) mass is 272 g/mol. The Hall–Kier alpha value is -1.81. The van der Waals surface area contributed by atoms with E-state index in [4.69, 9.17) is 0 Å². The third kappa shape index (κ3) is 4.10. The highest BCUT2D eigenvalue weighted by Gasteiger charge is 2.18. The molecule has 4 heteroatoms. The molecule has 0 spiro atoms. The number of carbonyl (C=O) groups is 1. The molecule has 0 aliphatic rings. The lowest BCUT2D eigenvalue weighted by atomic mass is 10.3. The molecule has 0 fully saturated rings. The van der Waals surface area contributed by atoms with E-state index < -0.39 is 0 Å². The zero-order valence-corrected chi connectivity index (χ0v) is 11.6. The fourth-order valence-corrected chi connectivity index (χ4v) is 2.60. The molecule has 3 nitrogen and oxygen atoms in total. The summed E-state index contributed by atoms with van der Waals surface area (Å²) in [4.78, 5) is 17.4. The van der Waals surface area contributed by atoms with Crippen LogP contribution in [0.3, 0.4) is 0 Å². The first-order valence-corrected chi connectivity index (χ1v) is 7.11. The van der Waals surface area contributed by atoms with Crippen LogP contribution in [0.25, 0.3) is 0 Å². The molecule has 0 radical (unpaired) electrons. The lowest BCUT2D eigenvalue weighted by Crippen LogP contribution is -2.24. The van der Waals surface area contributed by atoms with E-state index in [1.54, 1.807) is 24.0 Å². The Kier molecular flexibility index (Phi) is 4.98. The van der Waals surface area contributed by atoms with Gasteiger partial charge < -0.3 is 5.32 Å². The third-order valence-electron chi connectivity index (χ3n) is 2.60. The van der Waals surface area contributed by atoms with E-state index in [0.29, 0.717) is 5.82 Å². The summed E-state index contributed by atoms with van der Waals surface area (Å²) in [6.07, 6.45) is 2.44. The lowest BCUT2D eigenvalue weighted by Gasteiger charge is -2.14. The van der Waals surface area contributed by atoms with Crippen molar-refractivity contribution in [2.24, 2.45) is 0 Å². The Morgan fingerprint density at radius 1 is 1.21 bits per heavy atom. The van der Waals surface area contributed by atoms with Gasteiger partial charge in [0, 0.05) is 11.1 Å². The standard InChI is InChI=1S/C15H16N2OS/c1-2-13(19-12-8-4-3-5-9-12)15(18)17-14-10-6-7-11-16-14/h3-11,13H,2H2,1H3,(H,16,17,18). The first kappa shape index (κ1) is 13.6. The summed E-state index contributed by atoms with van der Waals surface area (Å²) in [5.74, 6) is 0.592. The number of carbonyl (C=O) groups excluding carboxylic acids is 1. The molecule has 0 aliphatic heterocycles. The fraction of sp³-hybridized carbons (Fsp3) is 0.200. The van der Waals surface area contributed by atoms with Gasteiger partial charge in [0.15, 0.2) is 0 Å². The molecule has 1 heterocycles. The quantitative estimate of drug-likeness (QED) is 0.846. The Morgan fingerprint density at radius 2 is 1.95 bits per heavy atom. The Labute approximate surface area is 117 Å². The number of amides is 1. The summed E-state index contributed by atoms with van der Waals surface area (Å²) in [7, 11) is 0. The van der Waals surface area contributed by atoms with E-state index in [0.717, 1.165) is 11.3 Å². The minimum Gasteiger partial charge on any atom is -0.310 e. The first-order chi connectivity index (χ1) is 9.29. The van der Waals surface area contributed by atoms with Crippen molar-refractivity contribution in [3.8, 4) is 0 Å². The van der Waals surface area contributed by atoms with Crippen LogP contribution in [0.5, 0.6) is 0 Å². The van der Waals surface area contributed by atoms with Gasteiger partial charge in [0.2, 0.25) is 5.91 Å². The number of hydrogen-bond donors (Lipinski definition) is 1. The van der Waals surface area contributed by atoms with Crippen molar-refractivity contribution in [3.63, 3.8) is 0 Å². The molecule has 0 aliphatic carbocycles. The molecule has 98 valence electrons. The molecule has 0 saturated heterocycles. The molecule has 2 rings (SSSR count). The van der Waals surface area contributed by atoms with Crippen LogP contribution in [0.15, 0.2) is 59.6 Å². The molecular weight excluding hydrogens is 256 g/mol. The van der Waals surface area contributed by atoms with Crippen LogP contribution in [-0.4, -0.2) is 16.1 Å². The normalized spacial score (nSPS) is 11.8. The highest BCUT2D eigenvalue weighted by molar-refractivity contribution is 8.00. The number of aromatic nitrogens is 1. The number of nitrogens with one attached hydrogen (secondary N) is 1. The first-order valence-electron chi connectivity index (χ1n) is 6.23. The molecule has 1 aromatic carbocycles. The van der Waals surface area contributed by atoms with Crippen LogP contribution in [0.4, 0.5) is 5.82 Å². The summed E-state index contributed by atoms with van der Waals surface area (Å²) in [5.41, 5.74) is 0. The van der Waals surface area contributed by atoms with Gasteiger partial charge in [-0.1, -0.05) is 31.2 Å². The number of rotatable bonds is 5. The zero-order chi connectivity index (χ0) is 13.5. The second-order valence-corrected chi connectivity index (χ2v) is 5.31. The maximum absolute atomic E-state index is 12.2. The van der Waals surface area contributed by atoms with Crippen LogP contribution in [0.1, 0.15) is 13.3 Å². The summed E-state index contributed by atoms with van der Waals surface area (Å²) in [6.45, 7) is 2.01. The predicted molar refractivity (Wildman–Crippen MR) is 79.2 cm³/mol. The van der Waals surface area contributed by atoms with Crippen LogP contribution < -0.4 is 5.32 Å². The minimum atomic E-state index is -0.107. The molecule has 1 atom stereocenters. The van der Waals surface area contributed by atoms with Gasteiger partial charge in [-0.05, 0) is 30.7 Å². The Morgan fingerprint density at radius 3 is 2.58 bits per heavy atom. The molecule has 19 heavy (non-hydrogen) atoms. The van der Waals surface area contributed by atoms with Crippen LogP contribution in [0, 0.1) is 0 Å². The van der Waals surface area contributed by atoms with Crippen molar-refractivity contribution in [3.05, 3.63) is 54.7 Å². The summed E-state index contributed by atoms with van der Waals surface area (Å²) in [6, 6.07) is 15.4. The minimum absolute atomic E-state index is 0.00458. The Balaban J connectivity index is 2.00. The van der Waals surface area contributed by atoms with Gasteiger partial charge in [0.1, 0.15) is 5.82 Å². The molecule has 1 N–H and O–H groups in total. The van der Waals surface area contributed by atoms with E-state index >= 15 is 0 Å². The van der Waals surface area contributed by atoms with Crippen molar-refractivity contribution < 1.29 is 4.79 Å². The number of pyridine rings is 1. The van der Waals surface area contributed by atoms with Gasteiger partial charge in [-0.3, -0.25) is 4.79 Å². The highest BCUT2D eigenvalue weighted by atomic mass is 32.2. The number of nitrogens with zero attached hydrogens (tertiary/aromatic N) is 1. The van der Waals surface area contributed by atoms with Gasteiger partial charge in [0.05, 0.1) is 5.25 Å². The fourth-order valence-electron chi connectivity index (χ4n) is 1.63. The average Bonchev–Trinajstić information content (AvgIpc) is 2.47. The Bertz CT molecular complexity index is 516. The van der Waals surface area contributed by atoms with Gasteiger partial charge in [-0.25, -0.2) is 4.98 Å². The van der Waals surface area contributed by atoms with Crippen LogP contribution >= 0.6 is 11.8 Å².